The van der Waals surface area contributed by atoms with Crippen molar-refractivity contribution >= 4 is 12.0 Å². The third-order valence-electron chi connectivity index (χ3n) is 4.28. The molecule has 0 aliphatic carbocycles. The second-order valence-corrected chi connectivity index (χ2v) is 6.85. The smallest absolute Gasteiger partial charge is 0.416 e. The van der Waals surface area contributed by atoms with E-state index in [9.17, 15) is 9.59 Å². The van der Waals surface area contributed by atoms with Crippen LogP contribution >= 0.6 is 0 Å². The number of ether oxygens (including phenoxy) is 1. The van der Waals surface area contributed by atoms with Gasteiger partial charge in [0.25, 0.3) is 0 Å². The summed E-state index contributed by atoms with van der Waals surface area (Å²) in [5.41, 5.74) is 2.40. The fourth-order valence-electron chi connectivity index (χ4n) is 2.96. The third kappa shape index (κ3) is 5.22. The average molecular weight is 329 g/mol. The first-order valence-electron chi connectivity index (χ1n) is 8.63. The van der Waals surface area contributed by atoms with Crippen LogP contribution in [0.2, 0.25) is 0 Å². The molecule has 1 heterocycles. The van der Waals surface area contributed by atoms with E-state index in [0.717, 1.165) is 18.4 Å². The zero-order valence-electron chi connectivity index (χ0n) is 14.8. The molecule has 0 radical (unpaired) electrons. The molecule has 1 saturated heterocycles. The van der Waals surface area contributed by atoms with Crippen LogP contribution in [0.1, 0.15) is 45.6 Å². The SMILES string of the molecule is CC(C)=CCC[C@H](C)CC(=O)N1C(=O)OC[C@H]1Cc1ccccc1. The molecule has 0 unspecified atom stereocenters. The van der Waals surface area contributed by atoms with Crippen LogP contribution < -0.4 is 0 Å². The standard InChI is InChI=1S/C20H27NO3/c1-15(2)8-7-9-16(3)12-19(22)21-18(14-24-20(21)23)13-17-10-5-4-6-11-17/h4-6,8,10-11,16,18H,7,9,12-14H2,1-3H3/t16-,18+/m0/s1. The van der Waals surface area contributed by atoms with E-state index in [1.165, 1.54) is 10.5 Å². The van der Waals surface area contributed by atoms with E-state index in [1.807, 2.05) is 30.3 Å². The fourth-order valence-corrected chi connectivity index (χ4v) is 2.96. The molecule has 4 nitrogen and oxygen atoms in total. The maximum atomic E-state index is 12.6. The van der Waals surface area contributed by atoms with E-state index >= 15 is 0 Å². The summed E-state index contributed by atoms with van der Waals surface area (Å²) in [7, 11) is 0. The lowest BCUT2D eigenvalue weighted by Crippen LogP contribution is -2.40. The number of rotatable bonds is 7. The topological polar surface area (TPSA) is 46.6 Å². The van der Waals surface area contributed by atoms with Gasteiger partial charge in [0.15, 0.2) is 0 Å². The van der Waals surface area contributed by atoms with Gasteiger partial charge in [0.2, 0.25) is 5.91 Å². The first-order valence-corrected chi connectivity index (χ1v) is 8.63. The van der Waals surface area contributed by atoms with E-state index in [1.54, 1.807) is 0 Å². The van der Waals surface area contributed by atoms with Gasteiger partial charge in [0.1, 0.15) is 6.61 Å². The Morgan fingerprint density at radius 1 is 1.33 bits per heavy atom. The molecule has 2 rings (SSSR count). The molecule has 0 N–H and O–H groups in total. The molecular weight excluding hydrogens is 302 g/mol. The number of hydrogen-bond acceptors (Lipinski definition) is 3. The summed E-state index contributed by atoms with van der Waals surface area (Å²) in [5, 5.41) is 0. The number of hydrogen-bond donors (Lipinski definition) is 0. The number of benzene rings is 1. The zero-order valence-corrected chi connectivity index (χ0v) is 14.8. The van der Waals surface area contributed by atoms with Crippen molar-refractivity contribution in [3.8, 4) is 0 Å². The summed E-state index contributed by atoms with van der Waals surface area (Å²) >= 11 is 0. The highest BCUT2D eigenvalue weighted by atomic mass is 16.6. The third-order valence-corrected chi connectivity index (χ3v) is 4.28. The Morgan fingerprint density at radius 2 is 2.04 bits per heavy atom. The normalized spacial score (nSPS) is 18.2. The lowest BCUT2D eigenvalue weighted by atomic mass is 9.99. The first kappa shape index (κ1) is 18.2. The quantitative estimate of drug-likeness (QED) is 0.699. The molecule has 0 bridgehead atoms. The lowest BCUT2D eigenvalue weighted by Gasteiger charge is -2.21. The molecule has 1 aliphatic rings. The maximum Gasteiger partial charge on any atom is 0.416 e. The van der Waals surface area contributed by atoms with Crippen LogP contribution in [-0.4, -0.2) is 29.5 Å². The van der Waals surface area contributed by atoms with E-state index < -0.39 is 6.09 Å². The highest BCUT2D eigenvalue weighted by Crippen LogP contribution is 2.21. The minimum Gasteiger partial charge on any atom is -0.447 e. The van der Waals surface area contributed by atoms with Gasteiger partial charge in [-0.2, -0.15) is 0 Å². The van der Waals surface area contributed by atoms with Gasteiger partial charge in [-0.15, -0.1) is 0 Å². The fraction of sp³-hybridized carbons (Fsp3) is 0.500. The van der Waals surface area contributed by atoms with Crippen molar-refractivity contribution in [3.63, 3.8) is 0 Å². The molecule has 2 atom stereocenters. The number of amides is 2. The zero-order chi connectivity index (χ0) is 17.5. The number of cyclic esters (lactones) is 1. The van der Waals surface area contributed by atoms with Crippen LogP contribution in [0.5, 0.6) is 0 Å². The summed E-state index contributed by atoms with van der Waals surface area (Å²) in [4.78, 5) is 25.9. The van der Waals surface area contributed by atoms with Gasteiger partial charge in [-0.1, -0.05) is 48.9 Å². The van der Waals surface area contributed by atoms with Crippen molar-refractivity contribution in [3.05, 3.63) is 47.5 Å². The summed E-state index contributed by atoms with van der Waals surface area (Å²) in [6.45, 7) is 6.49. The van der Waals surface area contributed by atoms with Crippen LogP contribution in [0.3, 0.4) is 0 Å². The van der Waals surface area contributed by atoms with Crippen LogP contribution in [0.25, 0.3) is 0 Å². The Labute approximate surface area is 144 Å². The van der Waals surface area contributed by atoms with Crippen LogP contribution in [0.15, 0.2) is 42.0 Å². The van der Waals surface area contributed by atoms with Crippen molar-refractivity contribution in [1.29, 1.82) is 0 Å². The monoisotopic (exact) mass is 329 g/mol. The first-order chi connectivity index (χ1) is 11.5. The van der Waals surface area contributed by atoms with E-state index in [0.29, 0.717) is 12.8 Å². The minimum atomic E-state index is -0.502. The van der Waals surface area contributed by atoms with Crippen molar-refractivity contribution in [2.24, 2.45) is 5.92 Å². The van der Waals surface area contributed by atoms with E-state index in [2.05, 4.69) is 26.8 Å². The molecule has 0 spiro atoms. The van der Waals surface area contributed by atoms with Crippen molar-refractivity contribution in [2.45, 2.75) is 52.5 Å². The van der Waals surface area contributed by atoms with Gasteiger partial charge >= 0.3 is 6.09 Å². The van der Waals surface area contributed by atoms with Crippen LogP contribution in [0, 0.1) is 5.92 Å². The second-order valence-electron chi connectivity index (χ2n) is 6.85. The predicted molar refractivity (Wildman–Crippen MR) is 94.6 cm³/mol. The molecule has 1 aromatic rings. The van der Waals surface area contributed by atoms with Crippen molar-refractivity contribution < 1.29 is 14.3 Å². The molecule has 0 saturated carbocycles. The molecule has 0 aromatic heterocycles. The van der Waals surface area contributed by atoms with Gasteiger partial charge in [-0.05, 0) is 44.6 Å². The lowest BCUT2D eigenvalue weighted by molar-refractivity contribution is -0.130. The summed E-state index contributed by atoms with van der Waals surface area (Å²) < 4.78 is 5.12. The second kappa shape index (κ2) is 8.67. The molecule has 4 heteroatoms. The summed E-state index contributed by atoms with van der Waals surface area (Å²) in [6.07, 6.45) is 4.63. The minimum absolute atomic E-state index is 0.122. The molecule has 1 fully saturated rings. The molecule has 24 heavy (non-hydrogen) atoms. The molecular formula is C20H27NO3. The van der Waals surface area contributed by atoms with Crippen molar-refractivity contribution in [2.75, 3.05) is 6.61 Å². The van der Waals surface area contributed by atoms with Gasteiger partial charge in [0.05, 0.1) is 6.04 Å². The summed E-state index contributed by atoms with van der Waals surface area (Å²) in [6, 6.07) is 9.70. The highest BCUT2D eigenvalue weighted by Gasteiger charge is 2.37. The number of allylic oxidation sites excluding steroid dienone is 2. The molecule has 1 aliphatic heterocycles. The highest BCUT2D eigenvalue weighted by molar-refractivity contribution is 5.93. The van der Waals surface area contributed by atoms with Crippen molar-refractivity contribution in [1.82, 2.24) is 4.90 Å². The Balaban J connectivity index is 1.92. The predicted octanol–water partition coefficient (Wildman–Crippen LogP) is 4.35. The maximum absolute atomic E-state index is 12.6. The largest absolute Gasteiger partial charge is 0.447 e. The average Bonchev–Trinajstić information content (AvgIpc) is 2.88. The van der Waals surface area contributed by atoms with Gasteiger partial charge in [0, 0.05) is 6.42 Å². The van der Waals surface area contributed by atoms with Crippen LogP contribution in [-0.2, 0) is 16.0 Å². The van der Waals surface area contributed by atoms with Crippen LogP contribution in [0.4, 0.5) is 4.79 Å². The van der Waals surface area contributed by atoms with Gasteiger partial charge in [-0.3, -0.25) is 4.79 Å². The Bertz CT molecular complexity index is 590. The Kier molecular flexibility index (Phi) is 6.59. The number of carbonyl (C=O) groups excluding carboxylic acids is 2. The number of imide groups is 1. The van der Waals surface area contributed by atoms with E-state index in [-0.39, 0.29) is 24.5 Å². The number of carbonyl (C=O) groups is 2. The molecule has 130 valence electrons. The van der Waals surface area contributed by atoms with Gasteiger partial charge in [-0.25, -0.2) is 9.69 Å². The number of nitrogens with zero attached hydrogens (tertiary/aromatic N) is 1. The molecule has 1 aromatic carbocycles. The summed E-state index contributed by atoms with van der Waals surface area (Å²) in [5.74, 6) is 0.127. The Hall–Kier alpha value is -2.10. The van der Waals surface area contributed by atoms with E-state index in [4.69, 9.17) is 4.74 Å². The molecule has 2 amide bonds. The Morgan fingerprint density at radius 3 is 2.71 bits per heavy atom. The van der Waals surface area contributed by atoms with Gasteiger partial charge < -0.3 is 4.74 Å².